The Labute approximate surface area is 122 Å². The van der Waals surface area contributed by atoms with E-state index in [1.807, 2.05) is 42.6 Å². The van der Waals surface area contributed by atoms with Crippen molar-refractivity contribution in [2.75, 3.05) is 35.7 Å². The zero-order valence-corrected chi connectivity index (χ0v) is 12.6. The van der Waals surface area contributed by atoms with Gasteiger partial charge in [0.05, 0.1) is 5.56 Å². The number of thioether (sulfide) groups is 2. The molecule has 2 N–H and O–H groups in total. The molecule has 1 aliphatic rings. The number of amides is 1. The number of carbonyl (C=O) groups is 1. The molecule has 1 atom stereocenters. The number of rotatable bonds is 5. The van der Waals surface area contributed by atoms with Crippen molar-refractivity contribution in [1.82, 2.24) is 10.3 Å². The van der Waals surface area contributed by atoms with Crippen molar-refractivity contribution in [2.24, 2.45) is 0 Å². The minimum atomic E-state index is -0.0354. The summed E-state index contributed by atoms with van der Waals surface area (Å²) in [5, 5.41) is 6.63. The van der Waals surface area contributed by atoms with E-state index in [0.29, 0.717) is 10.8 Å². The average Bonchev–Trinajstić information content (AvgIpc) is 2.47. The van der Waals surface area contributed by atoms with E-state index in [9.17, 15) is 4.79 Å². The summed E-state index contributed by atoms with van der Waals surface area (Å²) in [6.07, 6.45) is 1.62. The molecule has 6 heteroatoms. The van der Waals surface area contributed by atoms with Crippen LogP contribution in [0.25, 0.3) is 0 Å². The summed E-state index contributed by atoms with van der Waals surface area (Å²) in [6, 6.07) is 3.65. The Morgan fingerprint density at radius 3 is 3.00 bits per heavy atom. The van der Waals surface area contributed by atoms with Gasteiger partial charge < -0.3 is 10.6 Å². The zero-order valence-electron chi connectivity index (χ0n) is 11.0. The Morgan fingerprint density at radius 1 is 1.47 bits per heavy atom. The highest BCUT2D eigenvalue weighted by atomic mass is 32.2. The molecule has 1 saturated heterocycles. The second-order valence-electron chi connectivity index (χ2n) is 4.24. The van der Waals surface area contributed by atoms with Crippen molar-refractivity contribution >= 4 is 35.2 Å². The number of pyridine rings is 1. The first-order chi connectivity index (χ1) is 9.29. The van der Waals surface area contributed by atoms with Gasteiger partial charge in [-0.05, 0) is 19.1 Å². The Kier molecular flexibility index (Phi) is 5.85. The number of nitrogens with one attached hydrogen (secondary N) is 2. The summed E-state index contributed by atoms with van der Waals surface area (Å²) in [5.41, 5.74) is 0.620. The van der Waals surface area contributed by atoms with Crippen molar-refractivity contribution in [3.05, 3.63) is 23.9 Å². The normalized spacial score (nSPS) is 18.9. The van der Waals surface area contributed by atoms with E-state index in [1.165, 1.54) is 11.5 Å². The fourth-order valence-electron chi connectivity index (χ4n) is 1.78. The molecule has 1 aliphatic heterocycles. The number of anilines is 1. The van der Waals surface area contributed by atoms with E-state index in [4.69, 9.17) is 0 Å². The quantitative estimate of drug-likeness (QED) is 0.871. The number of hydrogen-bond acceptors (Lipinski definition) is 5. The van der Waals surface area contributed by atoms with Crippen molar-refractivity contribution in [1.29, 1.82) is 0 Å². The van der Waals surface area contributed by atoms with Crippen LogP contribution < -0.4 is 10.6 Å². The fraction of sp³-hybridized carbons (Fsp3) is 0.538. The predicted molar refractivity (Wildman–Crippen MR) is 84.3 cm³/mol. The van der Waals surface area contributed by atoms with Gasteiger partial charge >= 0.3 is 0 Å². The van der Waals surface area contributed by atoms with Crippen LogP contribution in [-0.4, -0.2) is 46.5 Å². The number of aromatic nitrogens is 1. The second kappa shape index (κ2) is 7.65. The van der Waals surface area contributed by atoms with Gasteiger partial charge in [-0.3, -0.25) is 4.79 Å². The second-order valence-corrected chi connectivity index (χ2v) is 6.80. The summed E-state index contributed by atoms with van der Waals surface area (Å²) in [6.45, 7) is 3.59. The van der Waals surface area contributed by atoms with Gasteiger partial charge in [-0.2, -0.15) is 23.5 Å². The van der Waals surface area contributed by atoms with Crippen LogP contribution in [-0.2, 0) is 0 Å². The molecule has 1 aromatic heterocycles. The highest BCUT2D eigenvalue weighted by Crippen LogP contribution is 2.23. The predicted octanol–water partition coefficient (Wildman–Crippen LogP) is 2.09. The van der Waals surface area contributed by atoms with E-state index in [1.54, 1.807) is 6.20 Å². The molecule has 1 aromatic rings. The summed E-state index contributed by atoms with van der Waals surface area (Å²) in [4.78, 5) is 16.2. The van der Waals surface area contributed by atoms with Crippen LogP contribution in [0.4, 0.5) is 5.82 Å². The summed E-state index contributed by atoms with van der Waals surface area (Å²) < 4.78 is 0. The molecule has 2 rings (SSSR count). The van der Waals surface area contributed by atoms with Crippen LogP contribution in [0.3, 0.4) is 0 Å². The first-order valence-electron chi connectivity index (χ1n) is 6.47. The summed E-state index contributed by atoms with van der Waals surface area (Å²) in [7, 11) is 0. The van der Waals surface area contributed by atoms with Gasteiger partial charge in [0.1, 0.15) is 5.82 Å². The van der Waals surface area contributed by atoms with E-state index >= 15 is 0 Å². The van der Waals surface area contributed by atoms with Crippen LogP contribution >= 0.6 is 23.5 Å². The molecule has 0 aliphatic carbocycles. The molecular weight excluding hydrogens is 278 g/mol. The monoisotopic (exact) mass is 297 g/mol. The maximum atomic E-state index is 12.0. The molecule has 1 amide bonds. The standard InChI is InChI=1S/C13H19N3OS2/c1-2-14-12-4-3-10(7-15-12)13(17)16-8-11-9-18-5-6-19-11/h3-4,7,11H,2,5-6,8-9H2,1H3,(H,14,15)(H,16,17). The third-order valence-electron chi connectivity index (χ3n) is 2.76. The molecule has 0 aromatic carbocycles. The lowest BCUT2D eigenvalue weighted by atomic mass is 10.2. The van der Waals surface area contributed by atoms with Gasteiger partial charge in [0, 0.05) is 41.8 Å². The third-order valence-corrected chi connectivity index (χ3v) is 5.60. The SMILES string of the molecule is CCNc1ccc(C(=O)NCC2CSCCS2)cn1. The van der Waals surface area contributed by atoms with Crippen LogP contribution in [0.15, 0.2) is 18.3 Å². The van der Waals surface area contributed by atoms with Gasteiger partial charge in [0.2, 0.25) is 0 Å². The van der Waals surface area contributed by atoms with E-state index < -0.39 is 0 Å². The number of hydrogen-bond donors (Lipinski definition) is 2. The van der Waals surface area contributed by atoms with Crippen LogP contribution in [0, 0.1) is 0 Å². The Hall–Kier alpha value is -0.880. The van der Waals surface area contributed by atoms with Crippen LogP contribution in [0.2, 0.25) is 0 Å². The Bertz CT molecular complexity index is 405. The lowest BCUT2D eigenvalue weighted by Gasteiger charge is -2.21. The first kappa shape index (κ1) is 14.5. The summed E-state index contributed by atoms with van der Waals surface area (Å²) in [5.74, 6) is 4.31. The van der Waals surface area contributed by atoms with Gasteiger partial charge in [0.25, 0.3) is 5.91 Å². The highest BCUT2D eigenvalue weighted by molar-refractivity contribution is 8.06. The first-order valence-corrected chi connectivity index (χ1v) is 8.67. The van der Waals surface area contributed by atoms with Gasteiger partial charge in [-0.25, -0.2) is 4.98 Å². The number of carbonyl (C=O) groups excluding carboxylic acids is 1. The molecule has 19 heavy (non-hydrogen) atoms. The molecule has 1 fully saturated rings. The molecule has 104 valence electrons. The minimum absolute atomic E-state index is 0.0354. The molecule has 2 heterocycles. The molecule has 0 radical (unpaired) electrons. The molecule has 1 unspecified atom stereocenters. The van der Waals surface area contributed by atoms with Crippen molar-refractivity contribution < 1.29 is 4.79 Å². The molecule has 0 spiro atoms. The Morgan fingerprint density at radius 2 is 2.37 bits per heavy atom. The van der Waals surface area contributed by atoms with Gasteiger partial charge in [0.15, 0.2) is 0 Å². The largest absolute Gasteiger partial charge is 0.370 e. The zero-order chi connectivity index (χ0) is 13.5. The van der Waals surface area contributed by atoms with Crippen molar-refractivity contribution in [3.63, 3.8) is 0 Å². The fourth-order valence-corrected chi connectivity index (χ4v) is 4.39. The maximum Gasteiger partial charge on any atom is 0.252 e. The minimum Gasteiger partial charge on any atom is -0.370 e. The molecule has 0 saturated carbocycles. The van der Waals surface area contributed by atoms with Gasteiger partial charge in [-0.15, -0.1) is 0 Å². The smallest absolute Gasteiger partial charge is 0.252 e. The Balaban J connectivity index is 1.81. The lowest BCUT2D eigenvalue weighted by Crippen LogP contribution is -2.33. The molecular formula is C13H19N3OS2. The molecule has 4 nitrogen and oxygen atoms in total. The van der Waals surface area contributed by atoms with Crippen LogP contribution in [0.1, 0.15) is 17.3 Å². The van der Waals surface area contributed by atoms with E-state index in [2.05, 4.69) is 15.6 Å². The third kappa shape index (κ3) is 4.62. The van der Waals surface area contributed by atoms with E-state index in [0.717, 1.165) is 24.7 Å². The van der Waals surface area contributed by atoms with E-state index in [-0.39, 0.29) is 5.91 Å². The maximum absolute atomic E-state index is 12.0. The van der Waals surface area contributed by atoms with Crippen molar-refractivity contribution in [3.8, 4) is 0 Å². The number of nitrogens with zero attached hydrogens (tertiary/aromatic N) is 1. The van der Waals surface area contributed by atoms with Gasteiger partial charge in [-0.1, -0.05) is 0 Å². The van der Waals surface area contributed by atoms with Crippen molar-refractivity contribution in [2.45, 2.75) is 12.2 Å². The van der Waals surface area contributed by atoms with Crippen LogP contribution in [0.5, 0.6) is 0 Å². The highest BCUT2D eigenvalue weighted by Gasteiger charge is 2.15. The molecule has 0 bridgehead atoms. The summed E-state index contributed by atoms with van der Waals surface area (Å²) >= 11 is 3.91. The lowest BCUT2D eigenvalue weighted by molar-refractivity contribution is 0.0954. The average molecular weight is 297 g/mol. The topological polar surface area (TPSA) is 54.0 Å².